The molecule has 0 bridgehead atoms. The lowest BCUT2D eigenvalue weighted by atomic mass is 9.80. The molecule has 1 aromatic rings. The monoisotopic (exact) mass is 306 g/mol. The maximum atomic E-state index is 11.4. The Hall–Kier alpha value is -1.84. The number of carbonyl (C=O) groups excluding carboxylic acids is 2. The van der Waals surface area contributed by atoms with Crippen molar-refractivity contribution in [3.8, 4) is 11.5 Å². The Morgan fingerprint density at radius 3 is 1.68 bits per heavy atom. The molecule has 0 radical (unpaired) electrons. The maximum absolute atomic E-state index is 11.4. The van der Waals surface area contributed by atoms with Gasteiger partial charge in [0, 0.05) is 19.4 Å². The first-order valence-corrected chi connectivity index (χ1v) is 7.38. The second-order valence-corrected chi connectivity index (χ2v) is 7.54. The molecule has 122 valence electrons. The molecule has 0 aliphatic carbocycles. The Labute approximate surface area is 132 Å². The van der Waals surface area contributed by atoms with Crippen molar-refractivity contribution in [3.05, 3.63) is 23.3 Å². The van der Waals surface area contributed by atoms with Crippen molar-refractivity contribution in [2.24, 2.45) is 0 Å². The fourth-order valence-corrected chi connectivity index (χ4v) is 2.07. The number of hydrogen-bond acceptors (Lipinski definition) is 4. The molecule has 0 fully saturated rings. The van der Waals surface area contributed by atoms with Gasteiger partial charge in [0.2, 0.25) is 0 Å². The zero-order valence-electron chi connectivity index (χ0n) is 14.8. The van der Waals surface area contributed by atoms with E-state index in [0.29, 0.717) is 11.5 Å². The van der Waals surface area contributed by atoms with Gasteiger partial charge in [-0.1, -0.05) is 47.6 Å². The normalized spacial score (nSPS) is 12.0. The third kappa shape index (κ3) is 4.58. The molecule has 0 saturated heterocycles. The van der Waals surface area contributed by atoms with E-state index in [1.165, 1.54) is 13.8 Å². The van der Waals surface area contributed by atoms with Crippen LogP contribution in [0.4, 0.5) is 0 Å². The van der Waals surface area contributed by atoms with Crippen LogP contribution < -0.4 is 9.47 Å². The summed E-state index contributed by atoms with van der Waals surface area (Å²) >= 11 is 0. The molecule has 0 heterocycles. The van der Waals surface area contributed by atoms with Crippen LogP contribution in [0.3, 0.4) is 0 Å². The van der Waals surface area contributed by atoms with Crippen LogP contribution in [-0.4, -0.2) is 11.9 Å². The van der Waals surface area contributed by atoms with Crippen LogP contribution in [0.25, 0.3) is 0 Å². The van der Waals surface area contributed by atoms with Gasteiger partial charge in [0.25, 0.3) is 0 Å². The summed E-state index contributed by atoms with van der Waals surface area (Å²) in [6.07, 6.45) is 0. The Morgan fingerprint density at radius 1 is 0.818 bits per heavy atom. The van der Waals surface area contributed by atoms with Crippen LogP contribution in [0.2, 0.25) is 0 Å². The third-order valence-corrected chi connectivity index (χ3v) is 3.23. The Morgan fingerprint density at radius 2 is 1.32 bits per heavy atom. The Kier molecular flexibility index (Phi) is 5.06. The van der Waals surface area contributed by atoms with E-state index in [-0.39, 0.29) is 10.8 Å². The first-order chi connectivity index (χ1) is 9.82. The van der Waals surface area contributed by atoms with Crippen LogP contribution in [-0.2, 0) is 20.4 Å². The lowest BCUT2D eigenvalue weighted by molar-refractivity contribution is -0.134. The van der Waals surface area contributed by atoms with Gasteiger partial charge in [-0.15, -0.1) is 0 Å². The number of carbonyl (C=O) groups is 2. The standard InChI is InChI=1S/C18H26O4/c1-11(19)21-15-10-13(17(3,4)5)9-14(18(6,7)8)16(15)22-12(2)20/h9-10H,1-8H3. The van der Waals surface area contributed by atoms with E-state index in [2.05, 4.69) is 20.8 Å². The average molecular weight is 306 g/mol. The van der Waals surface area contributed by atoms with Gasteiger partial charge >= 0.3 is 11.9 Å². The number of esters is 2. The molecular formula is C18H26O4. The summed E-state index contributed by atoms with van der Waals surface area (Å²) in [6, 6.07) is 3.79. The summed E-state index contributed by atoms with van der Waals surface area (Å²) in [5.74, 6) is -0.273. The predicted octanol–water partition coefficient (Wildman–Crippen LogP) is 4.13. The molecule has 0 aliphatic heterocycles. The summed E-state index contributed by atoms with van der Waals surface area (Å²) in [5.41, 5.74) is 1.47. The SMILES string of the molecule is CC(=O)Oc1cc(C(C)(C)C)cc(C(C)(C)C)c1OC(C)=O. The van der Waals surface area contributed by atoms with E-state index in [9.17, 15) is 9.59 Å². The lowest BCUT2D eigenvalue weighted by Gasteiger charge is -2.28. The van der Waals surface area contributed by atoms with Crippen LogP contribution in [0.1, 0.15) is 66.5 Å². The number of ether oxygens (including phenoxy) is 2. The van der Waals surface area contributed by atoms with Crippen LogP contribution in [0.15, 0.2) is 12.1 Å². The summed E-state index contributed by atoms with van der Waals surface area (Å²) in [7, 11) is 0. The van der Waals surface area contributed by atoms with Gasteiger partial charge in [0.15, 0.2) is 11.5 Å². The van der Waals surface area contributed by atoms with Crippen molar-refractivity contribution < 1.29 is 19.1 Å². The van der Waals surface area contributed by atoms with Gasteiger partial charge in [-0.25, -0.2) is 0 Å². The second-order valence-electron chi connectivity index (χ2n) is 7.54. The first-order valence-electron chi connectivity index (χ1n) is 7.38. The van der Waals surface area contributed by atoms with Gasteiger partial charge in [-0.2, -0.15) is 0 Å². The Balaban J connectivity index is 3.68. The number of rotatable bonds is 2. The summed E-state index contributed by atoms with van der Waals surface area (Å²) in [5, 5.41) is 0. The van der Waals surface area contributed by atoms with E-state index < -0.39 is 11.9 Å². The minimum Gasteiger partial charge on any atom is -0.423 e. The Bertz CT molecular complexity index is 586. The molecule has 22 heavy (non-hydrogen) atoms. The second kappa shape index (κ2) is 6.11. The molecule has 1 rings (SSSR count). The van der Waals surface area contributed by atoms with Crippen molar-refractivity contribution in [1.29, 1.82) is 0 Å². The molecule has 0 saturated carbocycles. The highest BCUT2D eigenvalue weighted by Gasteiger charge is 2.28. The highest BCUT2D eigenvalue weighted by Crippen LogP contribution is 2.42. The average Bonchev–Trinajstić information content (AvgIpc) is 2.26. The molecule has 0 spiro atoms. The molecule has 0 N–H and O–H groups in total. The van der Waals surface area contributed by atoms with Crippen molar-refractivity contribution in [2.75, 3.05) is 0 Å². The number of hydrogen-bond donors (Lipinski definition) is 0. The van der Waals surface area contributed by atoms with Gasteiger partial charge in [-0.05, 0) is 22.5 Å². The van der Waals surface area contributed by atoms with Crippen LogP contribution in [0.5, 0.6) is 11.5 Å². The zero-order chi connectivity index (χ0) is 17.3. The summed E-state index contributed by atoms with van der Waals surface area (Å²) in [6.45, 7) is 15.0. The highest BCUT2D eigenvalue weighted by molar-refractivity contribution is 5.75. The highest BCUT2D eigenvalue weighted by atomic mass is 16.6. The van der Waals surface area contributed by atoms with Crippen LogP contribution in [0, 0.1) is 0 Å². The van der Waals surface area contributed by atoms with Crippen molar-refractivity contribution in [2.45, 2.75) is 66.2 Å². The van der Waals surface area contributed by atoms with Crippen molar-refractivity contribution >= 4 is 11.9 Å². The zero-order valence-corrected chi connectivity index (χ0v) is 14.8. The first kappa shape index (κ1) is 18.2. The van der Waals surface area contributed by atoms with Gasteiger partial charge in [0.1, 0.15) is 0 Å². The largest absolute Gasteiger partial charge is 0.423 e. The van der Waals surface area contributed by atoms with E-state index in [4.69, 9.17) is 9.47 Å². The fraction of sp³-hybridized carbons (Fsp3) is 0.556. The van der Waals surface area contributed by atoms with Crippen LogP contribution >= 0.6 is 0 Å². The molecule has 4 nitrogen and oxygen atoms in total. The topological polar surface area (TPSA) is 52.6 Å². The summed E-state index contributed by atoms with van der Waals surface area (Å²) < 4.78 is 10.7. The molecule has 0 atom stereocenters. The molecule has 0 amide bonds. The quantitative estimate of drug-likeness (QED) is 0.609. The fourth-order valence-electron chi connectivity index (χ4n) is 2.07. The molecular weight excluding hydrogens is 280 g/mol. The smallest absolute Gasteiger partial charge is 0.308 e. The molecule has 0 unspecified atom stereocenters. The minimum absolute atomic E-state index is 0.121. The maximum Gasteiger partial charge on any atom is 0.308 e. The molecule has 0 aromatic heterocycles. The predicted molar refractivity (Wildman–Crippen MR) is 86.5 cm³/mol. The molecule has 4 heteroatoms. The molecule has 1 aromatic carbocycles. The van der Waals surface area contributed by atoms with Crippen molar-refractivity contribution in [3.63, 3.8) is 0 Å². The summed E-state index contributed by atoms with van der Waals surface area (Å²) in [4.78, 5) is 22.9. The van der Waals surface area contributed by atoms with Gasteiger partial charge in [-0.3, -0.25) is 9.59 Å². The van der Waals surface area contributed by atoms with Gasteiger partial charge < -0.3 is 9.47 Å². The van der Waals surface area contributed by atoms with Gasteiger partial charge in [0.05, 0.1) is 0 Å². The number of benzene rings is 1. The minimum atomic E-state index is -0.445. The van der Waals surface area contributed by atoms with E-state index in [0.717, 1.165) is 11.1 Å². The van der Waals surface area contributed by atoms with E-state index in [1.807, 2.05) is 26.8 Å². The third-order valence-electron chi connectivity index (χ3n) is 3.23. The van der Waals surface area contributed by atoms with Crippen molar-refractivity contribution in [1.82, 2.24) is 0 Å². The lowest BCUT2D eigenvalue weighted by Crippen LogP contribution is -2.20. The van der Waals surface area contributed by atoms with E-state index in [1.54, 1.807) is 6.07 Å². The van der Waals surface area contributed by atoms with E-state index >= 15 is 0 Å². The molecule has 0 aliphatic rings.